The molecule has 0 atom stereocenters. The van der Waals surface area contributed by atoms with Crippen molar-refractivity contribution in [3.63, 3.8) is 0 Å². The monoisotopic (exact) mass is 585 g/mol. The number of carbonyl (C=O) groups is 3. The average Bonchev–Trinajstić information content (AvgIpc) is 2.69. The molecule has 7 nitrogen and oxygen atoms in total. The van der Waals surface area contributed by atoms with E-state index in [1.807, 2.05) is 0 Å². The number of nitrogens with one attached hydrogen (secondary N) is 1. The number of amides is 2. The van der Waals surface area contributed by atoms with Crippen LogP contribution in [0.3, 0.4) is 0 Å². The molecular weight excluding hydrogens is 570 g/mol. The van der Waals surface area contributed by atoms with E-state index >= 15 is 0 Å². The molecule has 0 aromatic rings. The molecule has 1 fully saturated rings. The van der Waals surface area contributed by atoms with Gasteiger partial charge < -0.3 is 10.1 Å². The van der Waals surface area contributed by atoms with Crippen LogP contribution in [-0.4, -0.2) is 47.7 Å². The van der Waals surface area contributed by atoms with Crippen molar-refractivity contribution in [1.29, 1.82) is 0 Å². The number of hydrogen-bond acceptors (Lipinski definition) is 8. The van der Waals surface area contributed by atoms with Crippen molar-refractivity contribution < 1.29 is 24.0 Å². The molecule has 0 saturated carbocycles. The summed E-state index contributed by atoms with van der Waals surface area (Å²) in [4.78, 5) is 38.0. The minimum Gasteiger partial charge on any atom is -0.472 e. The van der Waals surface area contributed by atoms with Gasteiger partial charge in [-0.25, -0.2) is 4.79 Å². The maximum Gasteiger partial charge on any atom is 0.533 e. The van der Waals surface area contributed by atoms with Gasteiger partial charge in [-0.05, 0) is 6.54 Å². The van der Waals surface area contributed by atoms with Gasteiger partial charge >= 0.3 is 6.16 Å². The van der Waals surface area contributed by atoms with E-state index < -0.39 is 18.0 Å². The molecule has 0 spiro atoms. The molecule has 0 radical (unpaired) electrons. The number of imide groups is 1. The van der Waals surface area contributed by atoms with Crippen LogP contribution in [0.1, 0.15) is 12.8 Å². The molecule has 0 unspecified atom stereocenters. The Morgan fingerprint density at radius 1 is 1.25 bits per heavy atom. The summed E-state index contributed by atoms with van der Waals surface area (Å²) in [5.74, 6) is 0.453. The van der Waals surface area contributed by atoms with Crippen LogP contribution < -0.4 is 5.32 Å². The van der Waals surface area contributed by atoms with Gasteiger partial charge in [0.1, 0.15) is 6.61 Å². The SMILES string of the molecule is [CH2-]NCCSSCCOC(=O)ON1C(=O)CCC1=O.[Mt]. The smallest absolute Gasteiger partial charge is 0.472 e. The molecule has 0 aromatic carbocycles. The van der Waals surface area contributed by atoms with Gasteiger partial charge in [0.15, 0.2) is 0 Å². The van der Waals surface area contributed by atoms with Gasteiger partial charge in [0.25, 0.3) is 11.8 Å². The van der Waals surface area contributed by atoms with Crippen molar-refractivity contribution in [3.05, 3.63) is 7.05 Å². The van der Waals surface area contributed by atoms with Crippen molar-refractivity contribution in [2.45, 2.75) is 12.8 Å². The number of hydrogen-bond donors (Lipinski definition) is 1. The Bertz CT molecular complexity index is 330. The van der Waals surface area contributed by atoms with Crippen LogP contribution in [0.2, 0.25) is 0 Å². The molecule has 1 rings (SSSR count). The van der Waals surface area contributed by atoms with Gasteiger partial charge in [0.05, 0.1) is 0 Å². The molecule has 1 aliphatic heterocycles. The summed E-state index contributed by atoms with van der Waals surface area (Å²) in [6, 6.07) is 0. The van der Waals surface area contributed by atoms with E-state index in [-0.39, 0.29) is 19.4 Å². The second kappa shape index (κ2) is 9.93. The fourth-order valence-corrected chi connectivity index (χ4v) is 2.93. The van der Waals surface area contributed by atoms with Crippen LogP contribution in [-0.2, 0) is 19.2 Å². The second-order valence-corrected chi connectivity index (χ2v) is 6.12. The van der Waals surface area contributed by atoms with Crippen molar-refractivity contribution in [3.8, 4) is 0 Å². The average molecular weight is 585 g/mol. The third-order valence-electron chi connectivity index (χ3n) is 2.00. The standard InChI is InChI=1S/C10H15N2O5S2.Mt/c1-11-4-6-18-19-7-5-16-10(15)17-12-8(13)2-3-9(12)14;/h11H,1-7H2;/q-1;. The molecule has 0 aliphatic carbocycles. The third-order valence-corrected chi connectivity index (χ3v) is 4.37. The zero-order chi connectivity index (χ0) is 14.1. The number of ether oxygens (including phenoxy) is 1. The summed E-state index contributed by atoms with van der Waals surface area (Å²) >= 11 is 0. The number of hydroxylamine groups is 2. The molecule has 1 heterocycles. The van der Waals surface area contributed by atoms with Crippen molar-refractivity contribution in [1.82, 2.24) is 10.4 Å². The summed E-state index contributed by atoms with van der Waals surface area (Å²) in [7, 11) is 6.66. The van der Waals surface area contributed by atoms with Gasteiger partial charge in [-0.15, -0.1) is 0 Å². The third kappa shape index (κ3) is 6.30. The van der Waals surface area contributed by atoms with Gasteiger partial charge in [-0.1, -0.05) is 26.7 Å². The van der Waals surface area contributed by atoms with Gasteiger partial charge in [-0.2, -0.15) is 0 Å². The molecule has 1 N–H and O–H groups in total. The van der Waals surface area contributed by atoms with Crippen LogP contribution in [0, 0.1) is 7.05 Å². The van der Waals surface area contributed by atoms with Crippen molar-refractivity contribution >= 4 is 39.6 Å². The van der Waals surface area contributed by atoms with E-state index in [1.54, 1.807) is 21.6 Å². The van der Waals surface area contributed by atoms with E-state index in [9.17, 15) is 14.4 Å². The largest absolute Gasteiger partial charge is 0.533 e. The van der Waals surface area contributed by atoms with Gasteiger partial charge in [0.2, 0.25) is 0 Å². The summed E-state index contributed by atoms with van der Waals surface area (Å²) in [5.41, 5.74) is 0. The zero-order valence-electron chi connectivity index (χ0n) is 11.0. The summed E-state index contributed by atoms with van der Waals surface area (Å²) in [6.07, 6.45) is -0.897. The fraction of sp³-hybridized carbons (Fsp3) is 0.600. The molecule has 0 aromatic heterocycles. The maximum atomic E-state index is 11.2. The molecule has 10 heteroatoms. The van der Waals surface area contributed by atoms with E-state index in [1.165, 1.54) is 0 Å². The van der Waals surface area contributed by atoms with E-state index in [0.29, 0.717) is 10.8 Å². The first-order chi connectivity index (χ1) is 9.15. The minimum absolute atomic E-state index is 0. The summed E-state index contributed by atoms with van der Waals surface area (Å²) < 4.78 is 4.74. The molecule has 110 valence electrons. The normalized spacial score (nSPS) is 14.2. The predicted octanol–water partition coefficient (Wildman–Crippen LogP) is 0.966. The Hall–Kier alpha value is -1.93. The Kier molecular flexibility index (Phi) is 8.97. The first kappa shape index (κ1) is 18.1. The van der Waals surface area contributed by atoms with Crippen LogP contribution >= 0.6 is 21.6 Å². The summed E-state index contributed by atoms with van der Waals surface area (Å²) in [5, 5.41) is 3.23. The number of nitrogens with zero attached hydrogens (tertiary/aromatic N) is 1. The molecular formula is C10H15MtN2O5S2-. The van der Waals surface area contributed by atoms with Gasteiger partial charge in [-0.3, -0.25) is 21.5 Å². The number of carbonyl (C=O) groups excluding carboxylic acids is 3. The first-order valence-electron chi connectivity index (χ1n) is 5.60. The van der Waals surface area contributed by atoms with E-state index in [2.05, 4.69) is 17.2 Å². The van der Waals surface area contributed by atoms with Crippen molar-refractivity contribution in [2.75, 3.05) is 24.7 Å². The first-order valence-corrected chi connectivity index (χ1v) is 8.09. The van der Waals surface area contributed by atoms with Crippen LogP contribution in [0.5, 0.6) is 0 Å². The van der Waals surface area contributed by atoms with Crippen LogP contribution in [0.15, 0.2) is 0 Å². The minimum atomic E-state index is -1.03. The van der Waals surface area contributed by atoms with E-state index in [4.69, 9.17) is 4.74 Å². The molecule has 2 amide bonds. The maximum absolute atomic E-state index is 11.2. The molecule has 20 heavy (non-hydrogen) atoms. The topological polar surface area (TPSA) is 84.9 Å². The quantitative estimate of drug-likeness (QED) is 0.149. The van der Waals surface area contributed by atoms with Gasteiger partial charge in [0, 0.05) is 24.3 Å². The molecule has 0 bridgehead atoms. The molecule has 1 aliphatic rings. The predicted molar refractivity (Wildman–Crippen MR) is 71.8 cm³/mol. The van der Waals surface area contributed by atoms with E-state index in [0.717, 1.165) is 12.3 Å². The fourth-order valence-electron chi connectivity index (χ4n) is 1.15. The van der Waals surface area contributed by atoms with Crippen LogP contribution in [0.25, 0.3) is 0 Å². The molecule has 1 saturated heterocycles. The zero-order valence-corrected chi connectivity index (χ0v) is 19.2. The summed E-state index contributed by atoms with van der Waals surface area (Å²) in [6.45, 7) is 0.963. The number of rotatable bonds is 8. The Labute approximate surface area is 119 Å². The van der Waals surface area contributed by atoms with Crippen LogP contribution in [0.4, 0.5) is 4.79 Å². The van der Waals surface area contributed by atoms with Crippen molar-refractivity contribution in [2.24, 2.45) is 0 Å². The second-order valence-electron chi connectivity index (χ2n) is 3.42. The Morgan fingerprint density at radius 2 is 1.85 bits per heavy atom. The Balaban J connectivity index is 0.00000361. The Morgan fingerprint density at radius 3 is 2.45 bits per heavy atom.